The number of benzene rings is 1. The van der Waals surface area contributed by atoms with Gasteiger partial charge in [-0.25, -0.2) is 4.79 Å². The van der Waals surface area contributed by atoms with Gasteiger partial charge >= 0.3 is 12.1 Å². The van der Waals surface area contributed by atoms with Crippen LogP contribution in [0.2, 0.25) is 0 Å². The number of halogens is 3. The van der Waals surface area contributed by atoms with Gasteiger partial charge in [0, 0.05) is 11.8 Å². The van der Waals surface area contributed by atoms with Crippen molar-refractivity contribution < 1.29 is 32.3 Å². The second-order valence-corrected chi connectivity index (χ2v) is 7.83. The van der Waals surface area contributed by atoms with Gasteiger partial charge in [0.25, 0.3) is 5.91 Å². The second-order valence-electron chi connectivity index (χ2n) is 7.83. The molecule has 0 unspecified atom stereocenters. The van der Waals surface area contributed by atoms with E-state index in [1.807, 2.05) is 0 Å². The average molecular weight is 415 g/mol. The van der Waals surface area contributed by atoms with Crippen molar-refractivity contribution in [2.75, 3.05) is 6.61 Å². The highest BCUT2D eigenvalue weighted by atomic mass is 19.4. The standard InChI is InChI=1S/C21H28F3NO4/c1-6-20(4,5)17(26)18(27)25-16(13(2)3)19(28)29-12-11-14-9-7-8-10-15(14)21(22,23)24/h7-10,13,16H,6,11-12H2,1-5H3,(H,25,27)/t16-/m0/s1. The maximum Gasteiger partial charge on any atom is 0.416 e. The van der Waals surface area contributed by atoms with Crippen LogP contribution in [-0.4, -0.2) is 30.3 Å². The zero-order chi connectivity index (χ0) is 22.4. The van der Waals surface area contributed by atoms with Crippen LogP contribution in [0.4, 0.5) is 13.2 Å². The van der Waals surface area contributed by atoms with E-state index in [1.54, 1.807) is 34.6 Å². The Kier molecular flexibility index (Phi) is 8.41. The first-order valence-electron chi connectivity index (χ1n) is 9.48. The lowest BCUT2D eigenvalue weighted by atomic mass is 9.84. The van der Waals surface area contributed by atoms with Crippen LogP contribution in [0.3, 0.4) is 0 Å². The van der Waals surface area contributed by atoms with Gasteiger partial charge in [-0.2, -0.15) is 13.2 Å². The first kappa shape index (κ1) is 24.7. The summed E-state index contributed by atoms with van der Waals surface area (Å²) in [4.78, 5) is 36.8. The Morgan fingerprint density at radius 3 is 2.21 bits per heavy atom. The third kappa shape index (κ3) is 6.87. The molecule has 0 fully saturated rings. The van der Waals surface area contributed by atoms with Crippen molar-refractivity contribution in [3.05, 3.63) is 35.4 Å². The molecule has 0 saturated carbocycles. The van der Waals surface area contributed by atoms with Crippen LogP contribution in [0.5, 0.6) is 0 Å². The molecular weight excluding hydrogens is 387 g/mol. The van der Waals surface area contributed by atoms with Crippen LogP contribution >= 0.6 is 0 Å². The third-order valence-corrected chi connectivity index (χ3v) is 4.85. The van der Waals surface area contributed by atoms with Crippen LogP contribution in [0, 0.1) is 11.3 Å². The van der Waals surface area contributed by atoms with Gasteiger partial charge in [-0.15, -0.1) is 0 Å². The lowest BCUT2D eigenvalue weighted by Gasteiger charge is -2.24. The largest absolute Gasteiger partial charge is 0.464 e. The molecule has 0 saturated heterocycles. The van der Waals surface area contributed by atoms with Crippen molar-refractivity contribution in [1.29, 1.82) is 0 Å². The van der Waals surface area contributed by atoms with Crippen LogP contribution < -0.4 is 5.32 Å². The first-order valence-corrected chi connectivity index (χ1v) is 9.48. The average Bonchev–Trinajstić information content (AvgIpc) is 2.64. The molecule has 0 aliphatic heterocycles. The fourth-order valence-electron chi connectivity index (χ4n) is 2.54. The van der Waals surface area contributed by atoms with Gasteiger partial charge < -0.3 is 10.1 Å². The van der Waals surface area contributed by atoms with E-state index in [1.165, 1.54) is 18.2 Å². The smallest absolute Gasteiger partial charge is 0.416 e. The Hall–Kier alpha value is -2.38. The van der Waals surface area contributed by atoms with E-state index in [0.29, 0.717) is 6.42 Å². The fourth-order valence-corrected chi connectivity index (χ4v) is 2.54. The van der Waals surface area contributed by atoms with Crippen LogP contribution in [0.25, 0.3) is 0 Å². The van der Waals surface area contributed by atoms with Gasteiger partial charge in [0.05, 0.1) is 12.2 Å². The highest BCUT2D eigenvalue weighted by molar-refractivity contribution is 6.38. The van der Waals surface area contributed by atoms with Crippen LogP contribution in [0.15, 0.2) is 24.3 Å². The number of esters is 1. The minimum atomic E-state index is -4.50. The number of hydrogen-bond donors (Lipinski definition) is 1. The van der Waals surface area contributed by atoms with E-state index in [-0.39, 0.29) is 24.5 Å². The SMILES string of the molecule is CCC(C)(C)C(=O)C(=O)N[C@H](C(=O)OCCc1ccccc1C(F)(F)F)C(C)C. The zero-order valence-electron chi connectivity index (χ0n) is 17.4. The van der Waals surface area contributed by atoms with Crippen molar-refractivity contribution in [2.24, 2.45) is 11.3 Å². The normalized spacial score (nSPS) is 13.1. The highest BCUT2D eigenvalue weighted by Crippen LogP contribution is 2.32. The zero-order valence-corrected chi connectivity index (χ0v) is 17.4. The van der Waals surface area contributed by atoms with Gasteiger partial charge in [-0.1, -0.05) is 52.8 Å². The predicted octanol–water partition coefficient (Wildman–Crippen LogP) is 3.94. The summed E-state index contributed by atoms with van der Waals surface area (Å²) in [7, 11) is 0. The Labute approximate surface area is 169 Å². The molecule has 1 rings (SSSR count). The molecule has 0 radical (unpaired) electrons. The van der Waals surface area contributed by atoms with Crippen molar-refractivity contribution in [1.82, 2.24) is 5.32 Å². The number of ether oxygens (including phenoxy) is 1. The summed E-state index contributed by atoms with van der Waals surface area (Å²) in [6.45, 7) is 8.10. The maximum atomic E-state index is 13.0. The van der Waals surface area contributed by atoms with E-state index in [2.05, 4.69) is 5.32 Å². The maximum absolute atomic E-state index is 13.0. The summed E-state index contributed by atoms with van der Waals surface area (Å²) in [5.41, 5.74) is -1.63. The third-order valence-electron chi connectivity index (χ3n) is 4.85. The lowest BCUT2D eigenvalue weighted by molar-refractivity contribution is -0.151. The van der Waals surface area contributed by atoms with Crippen molar-refractivity contribution in [3.63, 3.8) is 0 Å². The molecule has 0 bridgehead atoms. The topological polar surface area (TPSA) is 72.5 Å². The number of alkyl halides is 3. The van der Waals surface area contributed by atoms with Crippen molar-refractivity contribution in [2.45, 2.75) is 59.7 Å². The first-order chi connectivity index (χ1) is 13.3. The van der Waals surface area contributed by atoms with E-state index >= 15 is 0 Å². The summed E-state index contributed by atoms with van der Waals surface area (Å²) >= 11 is 0. The molecule has 1 amide bonds. The van der Waals surface area contributed by atoms with Crippen molar-refractivity contribution >= 4 is 17.7 Å². The summed E-state index contributed by atoms with van der Waals surface area (Å²) in [5, 5.41) is 2.40. The molecule has 162 valence electrons. The van der Waals surface area contributed by atoms with Gasteiger partial charge in [0.15, 0.2) is 0 Å². The highest BCUT2D eigenvalue weighted by Gasteiger charge is 2.35. The molecule has 8 heteroatoms. The van der Waals surface area contributed by atoms with Crippen LogP contribution in [0.1, 0.15) is 52.2 Å². The molecule has 29 heavy (non-hydrogen) atoms. The molecule has 1 aromatic carbocycles. The quantitative estimate of drug-likeness (QED) is 0.490. The van der Waals surface area contributed by atoms with Gasteiger partial charge in [-0.3, -0.25) is 9.59 Å². The van der Waals surface area contributed by atoms with Gasteiger partial charge in [0.1, 0.15) is 6.04 Å². The molecule has 1 N–H and O–H groups in total. The Morgan fingerprint density at radius 2 is 1.69 bits per heavy atom. The minimum Gasteiger partial charge on any atom is -0.464 e. The van der Waals surface area contributed by atoms with E-state index in [0.717, 1.165) is 6.07 Å². The second kappa shape index (κ2) is 9.89. The molecule has 1 aromatic rings. The fraction of sp³-hybridized carbons (Fsp3) is 0.571. The molecule has 0 aromatic heterocycles. The monoisotopic (exact) mass is 415 g/mol. The van der Waals surface area contributed by atoms with E-state index in [4.69, 9.17) is 4.74 Å². The number of Topliss-reactive ketones (excluding diaryl/α,β-unsaturated/α-hetero) is 1. The summed E-state index contributed by atoms with van der Waals surface area (Å²) in [5.74, 6) is -2.68. The minimum absolute atomic E-state index is 0.0119. The summed E-state index contributed by atoms with van der Waals surface area (Å²) < 4.78 is 44.2. The Morgan fingerprint density at radius 1 is 1.10 bits per heavy atom. The van der Waals surface area contributed by atoms with Gasteiger partial charge in [0.2, 0.25) is 5.78 Å². The Bertz CT molecular complexity index is 742. The van der Waals surface area contributed by atoms with E-state index in [9.17, 15) is 27.6 Å². The van der Waals surface area contributed by atoms with E-state index < -0.39 is 40.9 Å². The van der Waals surface area contributed by atoms with Crippen LogP contribution in [-0.2, 0) is 31.7 Å². The summed E-state index contributed by atoms with van der Waals surface area (Å²) in [6, 6.07) is 3.98. The lowest BCUT2D eigenvalue weighted by Crippen LogP contribution is -2.50. The molecule has 0 heterocycles. The number of amides is 1. The Balaban J connectivity index is 2.76. The predicted molar refractivity (Wildman–Crippen MR) is 102 cm³/mol. The van der Waals surface area contributed by atoms with Crippen molar-refractivity contribution in [3.8, 4) is 0 Å². The number of carbonyl (C=O) groups excluding carboxylic acids is 3. The molecule has 1 atom stereocenters. The molecule has 5 nitrogen and oxygen atoms in total. The molecule has 0 spiro atoms. The number of hydrogen-bond acceptors (Lipinski definition) is 4. The van der Waals surface area contributed by atoms with Gasteiger partial charge in [-0.05, 0) is 24.0 Å². The number of rotatable bonds is 9. The number of nitrogens with one attached hydrogen (secondary N) is 1. The molecule has 0 aliphatic carbocycles. The number of carbonyl (C=O) groups is 3. The molecular formula is C21H28F3NO4. The summed E-state index contributed by atoms with van der Waals surface area (Å²) in [6.07, 6.45) is -4.17. The molecule has 0 aliphatic rings. The number of ketones is 1.